The fourth-order valence-electron chi connectivity index (χ4n) is 3.12. The van der Waals surface area contributed by atoms with Gasteiger partial charge < -0.3 is 4.74 Å². The quantitative estimate of drug-likeness (QED) is 0.726. The van der Waals surface area contributed by atoms with Gasteiger partial charge in [-0.3, -0.25) is 14.7 Å². The van der Waals surface area contributed by atoms with Crippen LogP contribution in [0.5, 0.6) is 5.75 Å². The van der Waals surface area contributed by atoms with Crippen LogP contribution in [0.4, 0.5) is 5.82 Å². The smallest absolute Gasteiger partial charge is 0.228 e. The van der Waals surface area contributed by atoms with Crippen LogP contribution in [0.3, 0.4) is 0 Å². The molecule has 0 spiro atoms. The zero-order valence-electron chi connectivity index (χ0n) is 14.1. The highest BCUT2D eigenvalue weighted by Crippen LogP contribution is 2.35. The lowest BCUT2D eigenvalue weighted by Crippen LogP contribution is -2.25. The van der Waals surface area contributed by atoms with Gasteiger partial charge in [-0.25, -0.2) is 4.98 Å². The van der Waals surface area contributed by atoms with Crippen LogP contribution < -0.4 is 9.64 Å². The predicted molar refractivity (Wildman–Crippen MR) is 96.6 cm³/mol. The number of fused-ring (bicyclic) bond motifs is 1. The van der Waals surface area contributed by atoms with E-state index in [1.807, 2.05) is 36.4 Å². The minimum absolute atomic E-state index is 0.0181. The number of nitriles is 1. The minimum atomic E-state index is 0.0181. The van der Waals surface area contributed by atoms with Gasteiger partial charge in [0.1, 0.15) is 24.0 Å². The fourth-order valence-corrected chi connectivity index (χ4v) is 3.12. The fraction of sp³-hybridized carbons (Fsp3) is 0.200. The lowest BCUT2D eigenvalue weighted by molar-refractivity contribution is -0.117. The highest BCUT2D eigenvalue weighted by Gasteiger charge is 2.27. The van der Waals surface area contributed by atoms with Crippen LogP contribution in [0.15, 0.2) is 48.7 Å². The van der Waals surface area contributed by atoms with Gasteiger partial charge >= 0.3 is 0 Å². The molecule has 4 rings (SSSR count). The molecule has 1 aliphatic heterocycles. The normalized spacial score (nSPS) is 13.8. The topological polar surface area (TPSA) is 79.1 Å². The Balaban J connectivity index is 1.80. The lowest BCUT2D eigenvalue weighted by atomic mass is 10.2. The Hall–Kier alpha value is -3.46. The molecule has 0 unspecified atom stereocenters. The molecule has 1 aliphatic rings. The van der Waals surface area contributed by atoms with Crippen molar-refractivity contribution in [1.29, 1.82) is 5.26 Å². The molecule has 3 heterocycles. The van der Waals surface area contributed by atoms with E-state index in [4.69, 9.17) is 4.74 Å². The molecule has 0 bridgehead atoms. The van der Waals surface area contributed by atoms with Crippen molar-refractivity contribution in [2.45, 2.75) is 19.4 Å². The molecule has 128 valence electrons. The molecule has 1 aromatic carbocycles. The van der Waals surface area contributed by atoms with Gasteiger partial charge in [0.05, 0.1) is 0 Å². The number of carbonyl (C=O) groups is 1. The Kier molecular flexibility index (Phi) is 4.20. The number of aromatic nitrogens is 2. The van der Waals surface area contributed by atoms with Crippen LogP contribution in [0.2, 0.25) is 0 Å². The molecule has 0 radical (unpaired) electrons. The number of benzene rings is 1. The van der Waals surface area contributed by atoms with E-state index in [-0.39, 0.29) is 11.6 Å². The van der Waals surface area contributed by atoms with Crippen molar-refractivity contribution in [3.05, 3.63) is 59.9 Å². The number of amides is 1. The maximum absolute atomic E-state index is 12.2. The first-order valence-electron chi connectivity index (χ1n) is 8.44. The zero-order chi connectivity index (χ0) is 17.9. The zero-order valence-corrected chi connectivity index (χ0v) is 14.1. The lowest BCUT2D eigenvalue weighted by Gasteiger charge is -2.19. The van der Waals surface area contributed by atoms with Crippen LogP contribution in [0.1, 0.15) is 24.1 Å². The Bertz CT molecular complexity index is 1010. The first kappa shape index (κ1) is 16.0. The van der Waals surface area contributed by atoms with Crippen molar-refractivity contribution in [2.24, 2.45) is 0 Å². The van der Waals surface area contributed by atoms with Crippen molar-refractivity contribution >= 4 is 22.6 Å². The van der Waals surface area contributed by atoms with Crippen LogP contribution in [-0.4, -0.2) is 22.4 Å². The van der Waals surface area contributed by atoms with E-state index in [1.54, 1.807) is 17.2 Å². The molecule has 6 nitrogen and oxygen atoms in total. The van der Waals surface area contributed by atoms with E-state index in [0.717, 1.165) is 12.0 Å². The second-order valence-corrected chi connectivity index (χ2v) is 6.05. The van der Waals surface area contributed by atoms with Gasteiger partial charge in [-0.1, -0.05) is 30.3 Å². The molecule has 1 amide bonds. The maximum atomic E-state index is 12.2. The first-order valence-corrected chi connectivity index (χ1v) is 8.44. The second-order valence-electron chi connectivity index (χ2n) is 6.05. The molecule has 26 heavy (non-hydrogen) atoms. The number of pyridine rings is 2. The van der Waals surface area contributed by atoms with Crippen LogP contribution in [0, 0.1) is 11.3 Å². The van der Waals surface area contributed by atoms with E-state index in [9.17, 15) is 10.1 Å². The van der Waals surface area contributed by atoms with Crippen LogP contribution in [0.25, 0.3) is 10.9 Å². The maximum Gasteiger partial charge on any atom is 0.228 e. The predicted octanol–water partition coefficient (Wildman–Crippen LogP) is 3.21. The number of ether oxygens (including phenoxy) is 1. The third kappa shape index (κ3) is 2.84. The summed E-state index contributed by atoms with van der Waals surface area (Å²) in [4.78, 5) is 22.6. The summed E-state index contributed by atoms with van der Waals surface area (Å²) in [5.74, 6) is 0.853. The van der Waals surface area contributed by atoms with Gasteiger partial charge in [-0.05, 0) is 24.1 Å². The van der Waals surface area contributed by atoms with Crippen LogP contribution >= 0.6 is 0 Å². The number of hydrogen-bond acceptors (Lipinski definition) is 5. The van der Waals surface area contributed by atoms with Crippen molar-refractivity contribution < 1.29 is 9.53 Å². The molecule has 0 N–H and O–H groups in total. The van der Waals surface area contributed by atoms with E-state index < -0.39 is 0 Å². The molecule has 2 aromatic heterocycles. The molecular weight excluding hydrogens is 328 g/mol. The van der Waals surface area contributed by atoms with E-state index in [0.29, 0.717) is 42.0 Å². The summed E-state index contributed by atoms with van der Waals surface area (Å²) >= 11 is 0. The van der Waals surface area contributed by atoms with Crippen molar-refractivity contribution in [3.63, 3.8) is 0 Å². The number of nitrogens with zero attached hydrogens (tertiary/aromatic N) is 4. The number of rotatable bonds is 4. The first-order chi connectivity index (χ1) is 12.8. The van der Waals surface area contributed by atoms with Crippen molar-refractivity contribution in [1.82, 2.24) is 9.97 Å². The molecule has 0 atom stereocenters. The van der Waals surface area contributed by atoms with Gasteiger partial charge in [0.2, 0.25) is 5.91 Å². The molecule has 6 heteroatoms. The monoisotopic (exact) mass is 344 g/mol. The van der Waals surface area contributed by atoms with Gasteiger partial charge in [0.15, 0.2) is 11.4 Å². The Morgan fingerprint density at radius 1 is 1.19 bits per heavy atom. The van der Waals surface area contributed by atoms with Gasteiger partial charge in [-0.2, -0.15) is 5.26 Å². The number of carbonyl (C=O) groups excluding carboxylic acids is 1. The molecule has 0 saturated carbocycles. The summed E-state index contributed by atoms with van der Waals surface area (Å²) in [7, 11) is 0. The van der Waals surface area contributed by atoms with Gasteiger partial charge in [0.25, 0.3) is 0 Å². The summed E-state index contributed by atoms with van der Waals surface area (Å²) in [5, 5.41) is 10.3. The Morgan fingerprint density at radius 2 is 2.04 bits per heavy atom. The van der Waals surface area contributed by atoms with E-state index >= 15 is 0 Å². The largest absolute Gasteiger partial charge is 0.484 e. The molecule has 1 saturated heterocycles. The molecular formula is C20H16N4O2. The summed E-state index contributed by atoms with van der Waals surface area (Å²) < 4.78 is 5.92. The minimum Gasteiger partial charge on any atom is -0.484 e. The third-order valence-corrected chi connectivity index (χ3v) is 4.36. The van der Waals surface area contributed by atoms with Gasteiger partial charge in [0, 0.05) is 24.5 Å². The average molecular weight is 344 g/mol. The third-order valence-electron chi connectivity index (χ3n) is 4.36. The van der Waals surface area contributed by atoms with Crippen LogP contribution in [-0.2, 0) is 11.4 Å². The molecule has 1 fully saturated rings. The van der Waals surface area contributed by atoms with Gasteiger partial charge in [-0.15, -0.1) is 0 Å². The number of hydrogen-bond donors (Lipinski definition) is 0. The highest BCUT2D eigenvalue weighted by atomic mass is 16.5. The molecule has 3 aromatic rings. The summed E-state index contributed by atoms with van der Waals surface area (Å²) in [6.07, 6.45) is 2.93. The summed E-state index contributed by atoms with van der Waals surface area (Å²) in [5.41, 5.74) is 1.67. The highest BCUT2D eigenvalue weighted by molar-refractivity contribution is 6.04. The van der Waals surface area contributed by atoms with E-state index in [1.165, 1.54) is 0 Å². The SMILES string of the molecule is N#Cc1nc(N2CCCC2=O)c2cccnc2c1OCc1ccccc1. The molecule has 0 aliphatic carbocycles. The van der Waals surface area contributed by atoms with Crippen molar-refractivity contribution in [2.75, 3.05) is 11.4 Å². The Morgan fingerprint density at radius 3 is 2.77 bits per heavy atom. The average Bonchev–Trinajstić information content (AvgIpc) is 3.12. The number of anilines is 1. The Labute approximate surface area is 150 Å². The van der Waals surface area contributed by atoms with Crippen molar-refractivity contribution in [3.8, 4) is 11.8 Å². The van der Waals surface area contributed by atoms with E-state index in [2.05, 4.69) is 16.0 Å². The summed E-state index contributed by atoms with van der Waals surface area (Å²) in [6, 6.07) is 15.4. The second kappa shape index (κ2) is 6.81. The summed E-state index contributed by atoms with van der Waals surface area (Å²) in [6.45, 7) is 0.912. The standard InChI is InChI=1S/C20H16N4O2/c21-12-16-19(26-13-14-6-2-1-3-7-14)18-15(8-4-10-22-18)20(23-16)24-11-5-9-17(24)25/h1-4,6-8,10H,5,9,11,13H2.